The number of aromatic nitrogens is 1. The average Bonchev–Trinajstić information content (AvgIpc) is 3.36. The SMILES string of the molecule is C[C@H]1[C@@H]2Cc3cc(OCc4cc(-c5cnc(NCC6CCOCC6)cc5C(F)(F)F)ccc4F)ccc3[C@H]12. The third-order valence-corrected chi connectivity index (χ3v) is 8.36. The third kappa shape index (κ3) is 4.98. The molecule has 1 saturated heterocycles. The molecular weight excluding hydrogens is 496 g/mol. The van der Waals surface area contributed by atoms with Crippen LogP contribution in [0.5, 0.6) is 5.75 Å². The number of fused-ring (bicyclic) bond motifs is 3. The van der Waals surface area contributed by atoms with E-state index in [-0.39, 0.29) is 29.1 Å². The van der Waals surface area contributed by atoms with Crippen molar-refractivity contribution in [3.8, 4) is 16.9 Å². The summed E-state index contributed by atoms with van der Waals surface area (Å²) in [5, 5.41) is 3.04. The molecule has 3 aliphatic rings. The van der Waals surface area contributed by atoms with E-state index < -0.39 is 17.6 Å². The molecule has 2 aromatic carbocycles. The number of anilines is 1. The van der Waals surface area contributed by atoms with Crippen LogP contribution in [0.15, 0.2) is 48.7 Å². The van der Waals surface area contributed by atoms with Crippen LogP contribution in [0.2, 0.25) is 0 Å². The minimum Gasteiger partial charge on any atom is -0.489 e. The highest BCUT2D eigenvalue weighted by molar-refractivity contribution is 5.69. The molecule has 6 rings (SSSR count). The summed E-state index contributed by atoms with van der Waals surface area (Å²) in [5.41, 5.74) is 2.17. The van der Waals surface area contributed by atoms with Gasteiger partial charge in [0.2, 0.25) is 0 Å². The van der Waals surface area contributed by atoms with Crippen molar-refractivity contribution < 1.29 is 27.0 Å². The van der Waals surface area contributed by atoms with Gasteiger partial charge in [0.15, 0.2) is 0 Å². The Kier molecular flexibility index (Phi) is 6.54. The fourth-order valence-electron chi connectivity index (χ4n) is 6.03. The number of nitrogens with zero attached hydrogens (tertiary/aromatic N) is 1. The maximum Gasteiger partial charge on any atom is 0.417 e. The molecule has 38 heavy (non-hydrogen) atoms. The molecule has 1 aliphatic heterocycles. The number of alkyl halides is 3. The number of hydrogen-bond donors (Lipinski definition) is 1. The molecule has 3 aromatic rings. The van der Waals surface area contributed by atoms with Gasteiger partial charge < -0.3 is 14.8 Å². The van der Waals surface area contributed by atoms with Gasteiger partial charge in [0.05, 0.1) is 5.56 Å². The third-order valence-electron chi connectivity index (χ3n) is 8.36. The van der Waals surface area contributed by atoms with Crippen molar-refractivity contribution >= 4 is 5.82 Å². The van der Waals surface area contributed by atoms with E-state index in [9.17, 15) is 17.6 Å². The average molecular weight is 527 g/mol. The Hall–Kier alpha value is -3.13. The fraction of sp³-hybridized carbons (Fsp3) is 0.433. The largest absolute Gasteiger partial charge is 0.489 e. The second-order valence-corrected chi connectivity index (χ2v) is 10.8. The molecule has 3 atom stereocenters. The number of pyridine rings is 1. The number of halogens is 4. The molecule has 1 saturated carbocycles. The van der Waals surface area contributed by atoms with Crippen LogP contribution in [0.4, 0.5) is 23.4 Å². The summed E-state index contributed by atoms with van der Waals surface area (Å²) in [4.78, 5) is 4.24. The van der Waals surface area contributed by atoms with Crippen molar-refractivity contribution in [1.29, 1.82) is 0 Å². The molecule has 2 fully saturated rings. The van der Waals surface area contributed by atoms with E-state index in [2.05, 4.69) is 23.3 Å². The van der Waals surface area contributed by atoms with E-state index in [1.165, 1.54) is 35.5 Å². The van der Waals surface area contributed by atoms with Crippen molar-refractivity contribution in [2.75, 3.05) is 25.1 Å². The lowest BCUT2D eigenvalue weighted by Gasteiger charge is -2.23. The predicted molar refractivity (Wildman–Crippen MR) is 137 cm³/mol. The smallest absolute Gasteiger partial charge is 0.417 e. The molecule has 0 amide bonds. The quantitative estimate of drug-likeness (QED) is 0.330. The van der Waals surface area contributed by atoms with Gasteiger partial charge in [-0.25, -0.2) is 9.37 Å². The Morgan fingerprint density at radius 1 is 1.08 bits per heavy atom. The van der Waals surface area contributed by atoms with Gasteiger partial charge in [-0.1, -0.05) is 19.1 Å². The molecule has 1 N–H and O–H groups in total. The lowest BCUT2D eigenvalue weighted by Crippen LogP contribution is -2.23. The van der Waals surface area contributed by atoms with Crippen molar-refractivity contribution in [3.05, 3.63) is 76.7 Å². The van der Waals surface area contributed by atoms with E-state index >= 15 is 0 Å². The molecule has 0 bridgehead atoms. The highest BCUT2D eigenvalue weighted by atomic mass is 19.4. The van der Waals surface area contributed by atoms with E-state index in [0.717, 1.165) is 31.2 Å². The molecule has 8 heteroatoms. The monoisotopic (exact) mass is 526 g/mol. The highest BCUT2D eigenvalue weighted by Gasteiger charge is 2.52. The fourth-order valence-corrected chi connectivity index (χ4v) is 6.03. The standard InChI is InChI=1S/C30H30F4N2O2/c1-17-24-12-20-11-22(3-4-23(20)29(17)24)38-16-21-10-19(2-5-27(21)31)25-15-36-28(13-26(25)30(32,33)34)35-14-18-6-8-37-9-7-18/h2-5,10-11,13,15,17-18,24,29H,6-9,12,14,16H2,1H3,(H,35,36)/t17-,24-,29-/m0/s1. The first-order valence-corrected chi connectivity index (χ1v) is 13.2. The predicted octanol–water partition coefficient (Wildman–Crippen LogP) is 7.23. The topological polar surface area (TPSA) is 43.4 Å². The molecule has 0 radical (unpaired) electrons. The molecule has 4 nitrogen and oxygen atoms in total. The van der Waals surface area contributed by atoms with Crippen molar-refractivity contribution in [1.82, 2.24) is 4.98 Å². The van der Waals surface area contributed by atoms with Gasteiger partial charge in [-0.3, -0.25) is 0 Å². The Balaban J connectivity index is 1.19. The maximum absolute atomic E-state index is 14.6. The van der Waals surface area contributed by atoms with E-state index in [0.29, 0.717) is 43.3 Å². The summed E-state index contributed by atoms with van der Waals surface area (Å²) in [6.07, 6.45) is -0.622. The minimum atomic E-state index is -4.60. The van der Waals surface area contributed by atoms with Gasteiger partial charge in [-0.2, -0.15) is 13.2 Å². The van der Waals surface area contributed by atoms with E-state index in [4.69, 9.17) is 9.47 Å². The first kappa shape index (κ1) is 25.2. The Morgan fingerprint density at radius 3 is 2.68 bits per heavy atom. The van der Waals surface area contributed by atoms with Gasteiger partial charge in [-0.15, -0.1) is 0 Å². The molecule has 2 heterocycles. The Bertz CT molecular complexity index is 1340. The Labute approximate surface area is 219 Å². The highest BCUT2D eigenvalue weighted by Crippen LogP contribution is 2.61. The first-order valence-electron chi connectivity index (χ1n) is 13.2. The van der Waals surface area contributed by atoms with Crippen LogP contribution >= 0.6 is 0 Å². The van der Waals surface area contributed by atoms with E-state index in [1.54, 1.807) is 0 Å². The number of hydrogen-bond acceptors (Lipinski definition) is 4. The minimum absolute atomic E-state index is 0.0821. The zero-order valence-electron chi connectivity index (χ0n) is 21.2. The summed E-state index contributed by atoms with van der Waals surface area (Å²) < 4.78 is 68.0. The van der Waals surface area contributed by atoms with Crippen molar-refractivity contribution in [2.45, 2.75) is 44.9 Å². The first-order chi connectivity index (χ1) is 18.3. The summed E-state index contributed by atoms with van der Waals surface area (Å²) in [7, 11) is 0. The van der Waals surface area contributed by atoms with Crippen LogP contribution in [-0.2, 0) is 23.9 Å². The second-order valence-electron chi connectivity index (χ2n) is 10.8. The molecule has 0 unspecified atom stereocenters. The van der Waals surface area contributed by atoms with Crippen LogP contribution in [-0.4, -0.2) is 24.7 Å². The van der Waals surface area contributed by atoms with Crippen LogP contribution in [0, 0.1) is 23.6 Å². The molecular formula is C30H30F4N2O2. The van der Waals surface area contributed by atoms with Gasteiger partial charge in [0.1, 0.15) is 24.0 Å². The molecule has 2 aliphatic carbocycles. The summed E-state index contributed by atoms with van der Waals surface area (Å²) in [5.74, 6) is 2.71. The zero-order chi connectivity index (χ0) is 26.4. The van der Waals surface area contributed by atoms with Gasteiger partial charge in [0, 0.05) is 37.1 Å². The molecule has 1 aromatic heterocycles. The number of rotatable bonds is 7. The van der Waals surface area contributed by atoms with Crippen LogP contribution in [0.25, 0.3) is 11.1 Å². The lowest BCUT2D eigenvalue weighted by atomic mass is 9.99. The van der Waals surface area contributed by atoms with Crippen LogP contribution in [0.3, 0.4) is 0 Å². The van der Waals surface area contributed by atoms with Gasteiger partial charge in [0.25, 0.3) is 0 Å². The van der Waals surface area contributed by atoms with Gasteiger partial charge >= 0.3 is 6.18 Å². The van der Waals surface area contributed by atoms with E-state index in [1.807, 2.05) is 12.1 Å². The second kappa shape index (κ2) is 9.88. The zero-order valence-corrected chi connectivity index (χ0v) is 21.2. The van der Waals surface area contributed by atoms with Crippen LogP contribution < -0.4 is 10.1 Å². The number of ether oxygens (including phenoxy) is 2. The summed E-state index contributed by atoms with van der Waals surface area (Å²) in [6, 6.07) is 11.0. The summed E-state index contributed by atoms with van der Waals surface area (Å²) in [6.45, 7) is 4.05. The van der Waals surface area contributed by atoms with Crippen molar-refractivity contribution in [3.63, 3.8) is 0 Å². The normalized spacial score (nSPS) is 22.6. The number of benzene rings is 2. The maximum atomic E-state index is 14.6. The molecule has 0 spiro atoms. The van der Waals surface area contributed by atoms with Crippen LogP contribution in [0.1, 0.15) is 47.9 Å². The van der Waals surface area contributed by atoms with Crippen molar-refractivity contribution in [2.24, 2.45) is 17.8 Å². The molecule has 200 valence electrons. The summed E-state index contributed by atoms with van der Waals surface area (Å²) >= 11 is 0. The Morgan fingerprint density at radius 2 is 1.89 bits per heavy atom. The van der Waals surface area contributed by atoms with Gasteiger partial charge in [-0.05, 0) is 90.0 Å². The number of nitrogens with one attached hydrogen (secondary N) is 1. The lowest BCUT2D eigenvalue weighted by molar-refractivity contribution is -0.137.